The van der Waals surface area contributed by atoms with Crippen LogP contribution < -0.4 is 10.6 Å². The number of aryl methyl sites for hydroxylation is 2. The van der Waals surface area contributed by atoms with Crippen molar-refractivity contribution in [2.75, 3.05) is 17.7 Å². The lowest BCUT2D eigenvalue weighted by molar-refractivity contribution is 0.0992. The highest BCUT2D eigenvalue weighted by Crippen LogP contribution is 2.27. The molecule has 0 amide bonds. The number of aromatic nitrogens is 5. The van der Waals surface area contributed by atoms with E-state index in [0.717, 1.165) is 16.9 Å². The third-order valence-corrected chi connectivity index (χ3v) is 5.63. The molecule has 0 aliphatic heterocycles. The second kappa shape index (κ2) is 9.61. The van der Waals surface area contributed by atoms with Crippen LogP contribution in [0.2, 0.25) is 0 Å². The van der Waals surface area contributed by atoms with Gasteiger partial charge in [-0.15, -0.1) is 0 Å². The van der Waals surface area contributed by atoms with Crippen LogP contribution in [0.3, 0.4) is 0 Å². The third kappa shape index (κ3) is 5.51. The van der Waals surface area contributed by atoms with Crippen LogP contribution in [0.15, 0.2) is 55.1 Å². The monoisotopic (exact) mass is 473 g/mol. The minimum Gasteiger partial charge on any atom is -0.373 e. The summed E-state index contributed by atoms with van der Waals surface area (Å²) in [6, 6.07) is 10.9. The quantitative estimate of drug-likeness (QED) is 0.344. The molecule has 0 atom stereocenters. The number of hydrogen-bond donors (Lipinski definition) is 2. The number of Topliss-reactive ketones (excluding diaryl/α,β-unsaturated/α-hetero) is 1. The van der Waals surface area contributed by atoms with Crippen molar-refractivity contribution in [1.29, 1.82) is 0 Å². The van der Waals surface area contributed by atoms with E-state index in [1.54, 1.807) is 36.1 Å². The molecule has 3 heterocycles. The van der Waals surface area contributed by atoms with Crippen LogP contribution in [0.5, 0.6) is 0 Å². The molecule has 180 valence electrons. The average molecular weight is 474 g/mol. The number of pyridine rings is 1. The summed E-state index contributed by atoms with van der Waals surface area (Å²) in [6.07, 6.45) is 4.69. The number of rotatable bonds is 8. The van der Waals surface area contributed by atoms with Gasteiger partial charge in [0.2, 0.25) is 0 Å². The first-order valence-corrected chi connectivity index (χ1v) is 11.2. The molecule has 3 aromatic heterocycles. The van der Waals surface area contributed by atoms with Crippen molar-refractivity contribution in [1.82, 2.24) is 24.7 Å². The van der Waals surface area contributed by atoms with Crippen molar-refractivity contribution >= 4 is 23.1 Å². The zero-order valence-corrected chi connectivity index (χ0v) is 20.4. The van der Waals surface area contributed by atoms with Crippen molar-refractivity contribution < 1.29 is 9.18 Å². The first kappa shape index (κ1) is 24.0. The predicted molar refractivity (Wildman–Crippen MR) is 134 cm³/mol. The van der Waals surface area contributed by atoms with E-state index in [1.165, 1.54) is 26.4 Å². The Hall–Kier alpha value is -4.14. The number of carbonyl (C=O) groups is 1. The van der Waals surface area contributed by atoms with Crippen molar-refractivity contribution in [3.05, 3.63) is 83.1 Å². The van der Waals surface area contributed by atoms with E-state index in [2.05, 4.69) is 30.7 Å². The number of carbonyl (C=O) groups excluding carboxylic acids is 1. The SMILES string of the molecule is CNc1cc(-n2nc(C)cc2Nc2cc(C(=O)Cc3cncc(C(C)(C)F)c3)ccc2C)ncn1. The summed E-state index contributed by atoms with van der Waals surface area (Å²) in [5.74, 6) is 1.90. The summed E-state index contributed by atoms with van der Waals surface area (Å²) in [5, 5.41) is 10.9. The first-order chi connectivity index (χ1) is 16.6. The summed E-state index contributed by atoms with van der Waals surface area (Å²) in [5.41, 5.74) is 2.70. The molecule has 0 aliphatic rings. The maximum atomic E-state index is 14.3. The van der Waals surface area contributed by atoms with E-state index in [4.69, 9.17) is 0 Å². The second-order valence-electron chi connectivity index (χ2n) is 8.90. The van der Waals surface area contributed by atoms with Gasteiger partial charge in [-0.05, 0) is 51.0 Å². The Morgan fingerprint density at radius 1 is 1.09 bits per heavy atom. The average Bonchev–Trinajstić information content (AvgIpc) is 3.20. The normalized spacial score (nSPS) is 11.4. The summed E-state index contributed by atoms with van der Waals surface area (Å²) in [4.78, 5) is 25.7. The van der Waals surface area contributed by atoms with E-state index in [1.807, 2.05) is 32.0 Å². The van der Waals surface area contributed by atoms with Crippen LogP contribution in [0.4, 0.5) is 21.7 Å². The molecule has 35 heavy (non-hydrogen) atoms. The van der Waals surface area contributed by atoms with E-state index >= 15 is 0 Å². The molecule has 0 aliphatic carbocycles. The Balaban J connectivity index is 1.60. The van der Waals surface area contributed by atoms with Crippen LogP contribution in [0.25, 0.3) is 5.82 Å². The van der Waals surface area contributed by atoms with Gasteiger partial charge >= 0.3 is 0 Å². The second-order valence-corrected chi connectivity index (χ2v) is 8.90. The van der Waals surface area contributed by atoms with Crippen LogP contribution in [0.1, 0.15) is 46.6 Å². The van der Waals surface area contributed by atoms with Gasteiger partial charge in [-0.2, -0.15) is 9.78 Å². The number of ketones is 1. The molecule has 0 radical (unpaired) electrons. The maximum Gasteiger partial charge on any atom is 0.167 e. The Kier molecular flexibility index (Phi) is 6.59. The van der Waals surface area contributed by atoms with Gasteiger partial charge in [0.05, 0.1) is 5.69 Å². The van der Waals surface area contributed by atoms with E-state index < -0.39 is 5.67 Å². The molecular weight excluding hydrogens is 445 g/mol. The van der Waals surface area contributed by atoms with Gasteiger partial charge in [0.15, 0.2) is 11.6 Å². The zero-order valence-electron chi connectivity index (χ0n) is 20.4. The van der Waals surface area contributed by atoms with Crippen LogP contribution in [-0.4, -0.2) is 37.6 Å². The molecule has 8 nitrogen and oxygen atoms in total. The fraction of sp³-hybridized carbons (Fsp3) is 0.269. The maximum absolute atomic E-state index is 14.3. The highest BCUT2D eigenvalue weighted by atomic mass is 19.1. The summed E-state index contributed by atoms with van der Waals surface area (Å²) in [7, 11) is 1.79. The molecule has 0 bridgehead atoms. The number of nitrogens with one attached hydrogen (secondary N) is 2. The standard InChI is InChI=1S/C26H28FN7O/c1-16-6-7-19(22(35)10-18-9-20(14-29-13-18)26(3,4)27)11-21(16)32-25-8-17(2)33-34(25)24-12-23(28-5)30-15-31-24/h6-9,11-15,32H,10H2,1-5H3,(H,28,30,31). The van der Waals surface area contributed by atoms with Crippen molar-refractivity contribution in [3.8, 4) is 5.82 Å². The Morgan fingerprint density at radius 2 is 1.89 bits per heavy atom. The molecule has 4 rings (SSSR count). The third-order valence-electron chi connectivity index (χ3n) is 5.63. The Bertz CT molecular complexity index is 1370. The van der Waals surface area contributed by atoms with Crippen LogP contribution in [0, 0.1) is 13.8 Å². The van der Waals surface area contributed by atoms with E-state index in [9.17, 15) is 9.18 Å². The first-order valence-electron chi connectivity index (χ1n) is 11.2. The fourth-order valence-corrected chi connectivity index (χ4v) is 3.63. The molecule has 0 unspecified atom stereocenters. The lowest BCUT2D eigenvalue weighted by Gasteiger charge is -2.15. The molecule has 2 N–H and O–H groups in total. The minimum atomic E-state index is -1.52. The van der Waals surface area contributed by atoms with Gasteiger partial charge in [0.25, 0.3) is 0 Å². The Morgan fingerprint density at radius 3 is 2.63 bits per heavy atom. The van der Waals surface area contributed by atoms with Gasteiger partial charge in [-0.3, -0.25) is 9.78 Å². The number of nitrogens with zero attached hydrogens (tertiary/aromatic N) is 5. The number of anilines is 3. The highest BCUT2D eigenvalue weighted by Gasteiger charge is 2.20. The van der Waals surface area contributed by atoms with Gasteiger partial charge in [-0.1, -0.05) is 12.1 Å². The summed E-state index contributed by atoms with van der Waals surface area (Å²) >= 11 is 0. The van der Waals surface area contributed by atoms with Gasteiger partial charge in [-0.25, -0.2) is 14.4 Å². The van der Waals surface area contributed by atoms with Crippen LogP contribution >= 0.6 is 0 Å². The lowest BCUT2D eigenvalue weighted by Crippen LogP contribution is -2.11. The molecule has 0 saturated carbocycles. The van der Waals surface area contributed by atoms with Gasteiger partial charge in [0, 0.05) is 54.8 Å². The van der Waals surface area contributed by atoms with E-state index in [0.29, 0.717) is 34.1 Å². The fourth-order valence-electron chi connectivity index (χ4n) is 3.63. The predicted octanol–water partition coefficient (Wildman–Crippen LogP) is 5.09. The zero-order chi connectivity index (χ0) is 25.2. The molecule has 4 aromatic rings. The molecule has 0 spiro atoms. The van der Waals surface area contributed by atoms with Crippen molar-refractivity contribution in [3.63, 3.8) is 0 Å². The molecule has 1 aromatic carbocycles. The van der Waals surface area contributed by atoms with Crippen molar-refractivity contribution in [2.45, 2.75) is 39.8 Å². The molecule has 0 saturated heterocycles. The number of halogens is 1. The topological polar surface area (TPSA) is 97.6 Å². The largest absolute Gasteiger partial charge is 0.373 e. The minimum absolute atomic E-state index is 0.0807. The molecule has 0 fully saturated rings. The highest BCUT2D eigenvalue weighted by molar-refractivity contribution is 5.98. The van der Waals surface area contributed by atoms with E-state index in [-0.39, 0.29) is 12.2 Å². The van der Waals surface area contributed by atoms with Crippen molar-refractivity contribution in [2.24, 2.45) is 0 Å². The van der Waals surface area contributed by atoms with Gasteiger partial charge in [0.1, 0.15) is 23.6 Å². The lowest BCUT2D eigenvalue weighted by atomic mass is 9.97. The number of alkyl halides is 1. The molecular formula is C26H28FN7O. The smallest absolute Gasteiger partial charge is 0.167 e. The summed E-state index contributed by atoms with van der Waals surface area (Å²) < 4.78 is 16.0. The Labute approximate surface area is 203 Å². The number of hydrogen-bond acceptors (Lipinski definition) is 7. The number of benzene rings is 1. The molecule has 9 heteroatoms. The van der Waals surface area contributed by atoms with Gasteiger partial charge < -0.3 is 10.6 Å². The van der Waals surface area contributed by atoms with Crippen LogP contribution in [-0.2, 0) is 12.1 Å². The summed E-state index contributed by atoms with van der Waals surface area (Å²) in [6.45, 7) is 6.81.